The first kappa shape index (κ1) is 16.7. The zero-order valence-corrected chi connectivity index (χ0v) is 14.8. The average Bonchev–Trinajstić information content (AvgIpc) is 3.27. The number of urea groups is 1. The van der Waals surface area contributed by atoms with Crippen LogP contribution in [-0.2, 0) is 4.74 Å². The molecule has 128 valence electrons. The van der Waals surface area contributed by atoms with Gasteiger partial charge in [-0.25, -0.2) is 4.79 Å². The Balaban J connectivity index is 1.45. The lowest BCUT2D eigenvalue weighted by Crippen LogP contribution is -2.54. The number of carbonyl (C=O) groups is 1. The Morgan fingerprint density at radius 1 is 1.35 bits per heavy atom. The van der Waals surface area contributed by atoms with Gasteiger partial charge in [-0.3, -0.25) is 4.90 Å². The zero-order valence-electron chi connectivity index (χ0n) is 14.0. The van der Waals surface area contributed by atoms with Crippen LogP contribution in [0.4, 0.5) is 4.79 Å². The second kappa shape index (κ2) is 7.64. The van der Waals surface area contributed by atoms with Crippen LogP contribution >= 0.6 is 11.3 Å². The largest absolute Gasteiger partial charge is 0.381 e. The van der Waals surface area contributed by atoms with E-state index >= 15 is 0 Å². The number of nitrogens with zero attached hydrogens (tertiary/aromatic N) is 2. The van der Waals surface area contributed by atoms with Crippen molar-refractivity contribution < 1.29 is 9.53 Å². The van der Waals surface area contributed by atoms with Crippen LogP contribution in [0.25, 0.3) is 0 Å². The number of ether oxygens (including phenoxy) is 1. The molecule has 0 radical (unpaired) electrons. The zero-order chi connectivity index (χ0) is 16.2. The predicted octanol–water partition coefficient (Wildman–Crippen LogP) is 2.56. The Kier molecular flexibility index (Phi) is 5.56. The van der Waals surface area contributed by atoms with Gasteiger partial charge in [-0.2, -0.15) is 11.3 Å². The summed E-state index contributed by atoms with van der Waals surface area (Å²) in [5, 5.41) is 7.50. The summed E-state index contributed by atoms with van der Waals surface area (Å²) in [7, 11) is 0. The van der Waals surface area contributed by atoms with Crippen molar-refractivity contribution in [1.29, 1.82) is 0 Å². The Morgan fingerprint density at radius 2 is 2.13 bits per heavy atom. The van der Waals surface area contributed by atoms with Gasteiger partial charge in [-0.15, -0.1) is 0 Å². The van der Waals surface area contributed by atoms with Crippen molar-refractivity contribution in [2.75, 3.05) is 39.4 Å². The molecule has 0 saturated carbocycles. The first-order valence-corrected chi connectivity index (χ1v) is 9.48. The van der Waals surface area contributed by atoms with Gasteiger partial charge in [0.25, 0.3) is 0 Å². The Labute approximate surface area is 142 Å². The lowest BCUT2D eigenvalue weighted by Gasteiger charge is -2.38. The van der Waals surface area contributed by atoms with Crippen molar-refractivity contribution in [1.82, 2.24) is 15.1 Å². The number of piperazine rings is 1. The molecule has 1 N–H and O–H groups in total. The van der Waals surface area contributed by atoms with Crippen molar-refractivity contribution in [3.05, 3.63) is 22.4 Å². The van der Waals surface area contributed by atoms with Crippen LogP contribution in [0.3, 0.4) is 0 Å². The minimum atomic E-state index is 0.0761. The Bertz CT molecular complexity index is 494. The second-order valence-corrected chi connectivity index (χ2v) is 7.40. The van der Waals surface area contributed by atoms with Crippen LogP contribution in [0.5, 0.6) is 0 Å². The van der Waals surface area contributed by atoms with Crippen LogP contribution < -0.4 is 5.32 Å². The van der Waals surface area contributed by atoms with E-state index < -0.39 is 0 Å². The number of thiophene rings is 1. The van der Waals surface area contributed by atoms with E-state index in [9.17, 15) is 4.79 Å². The van der Waals surface area contributed by atoms with E-state index in [4.69, 9.17) is 4.74 Å². The summed E-state index contributed by atoms with van der Waals surface area (Å²) in [5.74, 6) is 0.457. The monoisotopic (exact) mass is 337 g/mol. The van der Waals surface area contributed by atoms with Gasteiger partial charge in [0, 0.05) is 50.8 Å². The molecular weight excluding hydrogens is 310 g/mol. The molecule has 3 heterocycles. The van der Waals surface area contributed by atoms with Crippen molar-refractivity contribution in [3.8, 4) is 0 Å². The molecule has 2 saturated heterocycles. The fourth-order valence-electron chi connectivity index (χ4n) is 3.39. The molecule has 0 aliphatic carbocycles. The number of carbonyl (C=O) groups excluding carboxylic acids is 1. The highest BCUT2D eigenvalue weighted by molar-refractivity contribution is 7.07. The first-order chi connectivity index (χ1) is 11.1. The Morgan fingerprint density at radius 3 is 2.74 bits per heavy atom. The second-order valence-electron chi connectivity index (χ2n) is 6.62. The molecule has 2 aliphatic rings. The van der Waals surface area contributed by atoms with Crippen molar-refractivity contribution in [2.45, 2.75) is 32.4 Å². The fraction of sp³-hybridized carbons (Fsp3) is 0.706. The van der Waals surface area contributed by atoms with Crippen LogP contribution in [0.1, 0.15) is 31.9 Å². The molecule has 0 aromatic carbocycles. The van der Waals surface area contributed by atoms with Gasteiger partial charge in [0.1, 0.15) is 0 Å². The lowest BCUT2D eigenvalue weighted by molar-refractivity contribution is 0.111. The number of hydrogen-bond acceptors (Lipinski definition) is 4. The number of nitrogens with one attached hydrogen (secondary N) is 1. The lowest BCUT2D eigenvalue weighted by atomic mass is 10.0. The molecular formula is C17H27N3O2S. The number of rotatable bonds is 4. The normalized spacial score (nSPS) is 25.3. The van der Waals surface area contributed by atoms with Crippen LogP contribution in [0.2, 0.25) is 0 Å². The summed E-state index contributed by atoms with van der Waals surface area (Å²) in [6.45, 7) is 9.41. The molecule has 3 unspecified atom stereocenters. The van der Waals surface area contributed by atoms with E-state index in [0.29, 0.717) is 12.0 Å². The third kappa shape index (κ3) is 4.05. The standard InChI is InChI=1S/C17H27N3O2S/c1-13(15-3-9-22-11-15)18-17(21)20-7-5-19(6-8-20)14(2)16-4-10-23-12-16/h4,10,12-15H,3,5-9,11H2,1-2H3,(H,18,21). The van der Waals surface area contributed by atoms with E-state index in [1.54, 1.807) is 11.3 Å². The topological polar surface area (TPSA) is 44.8 Å². The van der Waals surface area contributed by atoms with Gasteiger partial charge in [0.05, 0.1) is 6.61 Å². The molecule has 2 fully saturated rings. The van der Waals surface area contributed by atoms with E-state index in [1.165, 1.54) is 5.56 Å². The predicted molar refractivity (Wildman–Crippen MR) is 92.8 cm³/mol. The molecule has 2 amide bonds. The molecule has 5 nitrogen and oxygen atoms in total. The van der Waals surface area contributed by atoms with Crippen molar-refractivity contribution >= 4 is 17.4 Å². The summed E-state index contributed by atoms with van der Waals surface area (Å²) < 4.78 is 5.41. The summed E-state index contributed by atoms with van der Waals surface area (Å²) in [5.41, 5.74) is 1.38. The summed E-state index contributed by atoms with van der Waals surface area (Å²) in [6.07, 6.45) is 1.05. The first-order valence-electron chi connectivity index (χ1n) is 8.54. The smallest absolute Gasteiger partial charge is 0.317 e. The molecule has 2 aliphatic heterocycles. The summed E-state index contributed by atoms with van der Waals surface area (Å²) in [4.78, 5) is 16.8. The van der Waals surface area contributed by atoms with Crippen molar-refractivity contribution in [3.63, 3.8) is 0 Å². The number of hydrogen-bond donors (Lipinski definition) is 1. The molecule has 0 bridgehead atoms. The maximum Gasteiger partial charge on any atom is 0.317 e. The van der Waals surface area contributed by atoms with Crippen molar-refractivity contribution in [2.24, 2.45) is 5.92 Å². The van der Waals surface area contributed by atoms with Gasteiger partial charge >= 0.3 is 6.03 Å². The van der Waals surface area contributed by atoms with E-state index in [2.05, 4.69) is 40.9 Å². The van der Waals surface area contributed by atoms with Gasteiger partial charge in [0.15, 0.2) is 0 Å². The van der Waals surface area contributed by atoms with E-state index in [-0.39, 0.29) is 12.1 Å². The SMILES string of the molecule is CC(NC(=O)N1CCN(C(C)c2ccsc2)CC1)C1CCOC1. The summed E-state index contributed by atoms with van der Waals surface area (Å²) in [6, 6.07) is 2.89. The number of amides is 2. The van der Waals surface area contributed by atoms with Gasteiger partial charge in [-0.1, -0.05) is 0 Å². The van der Waals surface area contributed by atoms with E-state index in [0.717, 1.165) is 45.8 Å². The van der Waals surface area contributed by atoms with Gasteiger partial charge < -0.3 is 15.0 Å². The molecule has 3 rings (SSSR count). The van der Waals surface area contributed by atoms with Crippen LogP contribution in [0, 0.1) is 5.92 Å². The molecule has 1 aromatic rings. The van der Waals surface area contributed by atoms with Crippen LogP contribution in [-0.4, -0.2) is 61.3 Å². The molecule has 0 spiro atoms. The third-order valence-electron chi connectivity index (χ3n) is 5.20. The highest BCUT2D eigenvalue weighted by atomic mass is 32.1. The third-order valence-corrected chi connectivity index (χ3v) is 5.90. The molecule has 3 atom stereocenters. The minimum absolute atomic E-state index is 0.0761. The summed E-state index contributed by atoms with van der Waals surface area (Å²) >= 11 is 1.74. The molecule has 23 heavy (non-hydrogen) atoms. The van der Waals surface area contributed by atoms with Gasteiger partial charge in [-0.05, 0) is 42.7 Å². The van der Waals surface area contributed by atoms with E-state index in [1.807, 2.05) is 4.90 Å². The average molecular weight is 337 g/mol. The van der Waals surface area contributed by atoms with Crippen LogP contribution in [0.15, 0.2) is 16.8 Å². The maximum absolute atomic E-state index is 12.4. The highest BCUT2D eigenvalue weighted by Crippen LogP contribution is 2.23. The molecule has 1 aromatic heterocycles. The maximum atomic E-state index is 12.4. The quantitative estimate of drug-likeness (QED) is 0.918. The minimum Gasteiger partial charge on any atom is -0.381 e. The highest BCUT2D eigenvalue weighted by Gasteiger charge is 2.28. The Hall–Kier alpha value is -1.11. The molecule has 6 heteroatoms. The fourth-order valence-corrected chi connectivity index (χ4v) is 4.13. The van der Waals surface area contributed by atoms with Gasteiger partial charge in [0.2, 0.25) is 0 Å².